The molecule has 1 rings (SSSR count). The first-order valence-corrected chi connectivity index (χ1v) is 5.53. The second-order valence-electron chi connectivity index (χ2n) is 3.77. The summed E-state index contributed by atoms with van der Waals surface area (Å²) in [5.74, 6) is 0.0694. The molecule has 0 fully saturated rings. The topological polar surface area (TPSA) is 33.5 Å². The Hall–Kier alpha value is -1.25. The van der Waals surface area contributed by atoms with Crippen molar-refractivity contribution in [2.24, 2.45) is 0 Å². The molecule has 84 valence electrons. The molecular formula is C12H19NO2. The van der Waals surface area contributed by atoms with Crippen LogP contribution in [0, 0.1) is 0 Å². The Balaban J connectivity index is 2.76. The Kier molecular flexibility index (Phi) is 4.40. The zero-order valence-electron chi connectivity index (χ0n) is 9.69. The zero-order chi connectivity index (χ0) is 11.3. The van der Waals surface area contributed by atoms with Crippen LogP contribution in [0.4, 0.5) is 0 Å². The molecule has 3 nitrogen and oxygen atoms in total. The van der Waals surface area contributed by atoms with Crippen LogP contribution in [0.2, 0.25) is 0 Å². The average molecular weight is 209 g/mol. The van der Waals surface area contributed by atoms with Crippen molar-refractivity contribution in [1.29, 1.82) is 0 Å². The van der Waals surface area contributed by atoms with Crippen LogP contribution in [-0.2, 0) is 0 Å². The Morgan fingerprint density at radius 3 is 2.73 bits per heavy atom. The summed E-state index contributed by atoms with van der Waals surface area (Å²) in [5, 5.41) is 0. The van der Waals surface area contributed by atoms with Gasteiger partial charge in [0.15, 0.2) is 0 Å². The molecule has 0 spiro atoms. The van der Waals surface area contributed by atoms with Crippen molar-refractivity contribution >= 4 is 5.91 Å². The second-order valence-corrected chi connectivity index (χ2v) is 3.77. The minimum atomic E-state index is 0.0694. The lowest BCUT2D eigenvalue weighted by Crippen LogP contribution is -2.38. The third-order valence-electron chi connectivity index (χ3n) is 2.62. The maximum absolute atomic E-state index is 12.1. The van der Waals surface area contributed by atoms with Crippen LogP contribution in [0.1, 0.15) is 44.0 Å². The molecule has 0 radical (unpaired) electrons. The largest absolute Gasteiger partial charge is 0.472 e. The molecule has 1 unspecified atom stereocenters. The van der Waals surface area contributed by atoms with Crippen molar-refractivity contribution in [2.75, 3.05) is 6.54 Å². The molecule has 1 atom stereocenters. The van der Waals surface area contributed by atoms with Gasteiger partial charge in [-0.1, -0.05) is 13.8 Å². The van der Waals surface area contributed by atoms with Crippen LogP contribution in [0.15, 0.2) is 23.0 Å². The van der Waals surface area contributed by atoms with E-state index >= 15 is 0 Å². The number of furan rings is 1. The smallest absolute Gasteiger partial charge is 0.257 e. The van der Waals surface area contributed by atoms with Crippen molar-refractivity contribution in [1.82, 2.24) is 4.90 Å². The predicted molar refractivity (Wildman–Crippen MR) is 59.8 cm³/mol. The van der Waals surface area contributed by atoms with E-state index in [1.54, 1.807) is 6.07 Å². The molecule has 1 aromatic rings. The van der Waals surface area contributed by atoms with Crippen LogP contribution in [-0.4, -0.2) is 23.4 Å². The van der Waals surface area contributed by atoms with E-state index in [0.717, 1.165) is 19.4 Å². The van der Waals surface area contributed by atoms with Gasteiger partial charge < -0.3 is 9.32 Å². The number of nitrogens with zero attached hydrogens (tertiary/aromatic N) is 1. The van der Waals surface area contributed by atoms with Crippen molar-refractivity contribution < 1.29 is 9.21 Å². The molecule has 3 heteroatoms. The maximum atomic E-state index is 12.1. The van der Waals surface area contributed by atoms with Crippen molar-refractivity contribution in [3.05, 3.63) is 24.2 Å². The molecule has 1 aromatic heterocycles. The van der Waals surface area contributed by atoms with Crippen LogP contribution in [0.5, 0.6) is 0 Å². The molecule has 0 saturated heterocycles. The summed E-state index contributed by atoms with van der Waals surface area (Å²) in [5.41, 5.74) is 0.642. The monoisotopic (exact) mass is 209 g/mol. The molecule has 1 amide bonds. The lowest BCUT2D eigenvalue weighted by atomic mass is 10.1. The lowest BCUT2D eigenvalue weighted by molar-refractivity contribution is 0.0687. The third-order valence-corrected chi connectivity index (χ3v) is 2.62. The van der Waals surface area contributed by atoms with E-state index in [-0.39, 0.29) is 11.9 Å². The molecule has 1 heterocycles. The van der Waals surface area contributed by atoms with Crippen molar-refractivity contribution in [3.63, 3.8) is 0 Å². The SMILES string of the molecule is CCCN(C(=O)c1ccoc1)C(C)CC. The summed E-state index contributed by atoms with van der Waals surface area (Å²) in [4.78, 5) is 14.0. The van der Waals surface area contributed by atoms with E-state index in [1.807, 2.05) is 4.90 Å². The van der Waals surface area contributed by atoms with Gasteiger partial charge in [0, 0.05) is 12.6 Å². The van der Waals surface area contributed by atoms with Crippen LogP contribution < -0.4 is 0 Å². The van der Waals surface area contributed by atoms with Gasteiger partial charge in [-0.15, -0.1) is 0 Å². The highest BCUT2D eigenvalue weighted by Crippen LogP contribution is 2.11. The van der Waals surface area contributed by atoms with Crippen LogP contribution in [0.3, 0.4) is 0 Å². The highest BCUT2D eigenvalue weighted by molar-refractivity contribution is 5.94. The molecule has 0 N–H and O–H groups in total. The van der Waals surface area contributed by atoms with Gasteiger partial charge in [-0.3, -0.25) is 4.79 Å². The Morgan fingerprint density at radius 1 is 1.53 bits per heavy atom. The number of hydrogen-bond donors (Lipinski definition) is 0. The third kappa shape index (κ3) is 2.85. The normalized spacial score (nSPS) is 12.5. The molecular weight excluding hydrogens is 190 g/mol. The Bertz CT molecular complexity index is 293. The first-order valence-electron chi connectivity index (χ1n) is 5.53. The minimum Gasteiger partial charge on any atom is -0.472 e. The van der Waals surface area contributed by atoms with E-state index < -0.39 is 0 Å². The first-order chi connectivity index (χ1) is 7.20. The fraction of sp³-hybridized carbons (Fsp3) is 0.583. The molecule has 0 aliphatic heterocycles. The van der Waals surface area contributed by atoms with E-state index in [0.29, 0.717) is 5.56 Å². The Morgan fingerprint density at radius 2 is 2.27 bits per heavy atom. The van der Waals surface area contributed by atoms with Crippen molar-refractivity contribution in [3.8, 4) is 0 Å². The molecule has 0 saturated carbocycles. The van der Waals surface area contributed by atoms with Crippen LogP contribution >= 0.6 is 0 Å². The zero-order valence-corrected chi connectivity index (χ0v) is 9.69. The average Bonchev–Trinajstić information content (AvgIpc) is 2.77. The molecule has 0 aliphatic rings. The maximum Gasteiger partial charge on any atom is 0.257 e. The summed E-state index contributed by atoms with van der Waals surface area (Å²) in [6.07, 6.45) is 5.00. The van der Waals surface area contributed by atoms with Gasteiger partial charge in [0.2, 0.25) is 0 Å². The fourth-order valence-corrected chi connectivity index (χ4v) is 1.54. The molecule has 0 aromatic carbocycles. The summed E-state index contributed by atoms with van der Waals surface area (Å²) in [6, 6.07) is 2.00. The van der Waals surface area contributed by atoms with E-state index in [9.17, 15) is 4.79 Å². The number of rotatable bonds is 5. The summed E-state index contributed by atoms with van der Waals surface area (Å²) >= 11 is 0. The summed E-state index contributed by atoms with van der Waals surface area (Å²) < 4.78 is 4.93. The highest BCUT2D eigenvalue weighted by Gasteiger charge is 2.19. The fourth-order valence-electron chi connectivity index (χ4n) is 1.54. The standard InChI is InChI=1S/C12H19NO2/c1-4-7-13(10(3)5-2)12(14)11-6-8-15-9-11/h6,8-10H,4-5,7H2,1-3H3. The number of carbonyl (C=O) groups is 1. The van der Waals surface area contributed by atoms with Crippen LogP contribution in [0.25, 0.3) is 0 Å². The van der Waals surface area contributed by atoms with Gasteiger partial charge in [-0.05, 0) is 25.8 Å². The van der Waals surface area contributed by atoms with Gasteiger partial charge in [-0.25, -0.2) is 0 Å². The van der Waals surface area contributed by atoms with E-state index in [2.05, 4.69) is 20.8 Å². The quantitative estimate of drug-likeness (QED) is 0.747. The second kappa shape index (κ2) is 5.59. The highest BCUT2D eigenvalue weighted by atomic mass is 16.3. The molecule has 0 bridgehead atoms. The number of hydrogen-bond acceptors (Lipinski definition) is 2. The van der Waals surface area contributed by atoms with Gasteiger partial charge in [0.1, 0.15) is 6.26 Å². The van der Waals surface area contributed by atoms with E-state index in [4.69, 9.17) is 4.42 Å². The first kappa shape index (κ1) is 11.8. The molecule has 15 heavy (non-hydrogen) atoms. The van der Waals surface area contributed by atoms with Gasteiger partial charge in [0.05, 0.1) is 11.8 Å². The lowest BCUT2D eigenvalue weighted by Gasteiger charge is -2.27. The Labute approximate surface area is 91.1 Å². The summed E-state index contributed by atoms with van der Waals surface area (Å²) in [6.45, 7) is 7.06. The molecule has 0 aliphatic carbocycles. The van der Waals surface area contributed by atoms with E-state index in [1.165, 1.54) is 12.5 Å². The van der Waals surface area contributed by atoms with Gasteiger partial charge >= 0.3 is 0 Å². The van der Waals surface area contributed by atoms with Gasteiger partial charge in [0.25, 0.3) is 5.91 Å². The van der Waals surface area contributed by atoms with Gasteiger partial charge in [-0.2, -0.15) is 0 Å². The summed E-state index contributed by atoms with van der Waals surface area (Å²) in [7, 11) is 0. The number of amides is 1. The predicted octanol–water partition coefficient (Wildman–Crippen LogP) is 2.93. The minimum absolute atomic E-state index is 0.0694. The number of carbonyl (C=O) groups excluding carboxylic acids is 1. The van der Waals surface area contributed by atoms with Crippen molar-refractivity contribution in [2.45, 2.75) is 39.7 Å².